The van der Waals surface area contributed by atoms with Crippen molar-refractivity contribution >= 4 is 17.2 Å². The molecule has 180 valence electrons. The third-order valence-electron chi connectivity index (χ3n) is 6.60. The van der Waals surface area contributed by atoms with Crippen molar-refractivity contribution in [2.45, 2.75) is 25.4 Å². The van der Waals surface area contributed by atoms with E-state index in [1.807, 2.05) is 49.4 Å². The second-order valence-electron chi connectivity index (χ2n) is 9.18. The summed E-state index contributed by atoms with van der Waals surface area (Å²) in [6.45, 7) is 2.72. The van der Waals surface area contributed by atoms with Gasteiger partial charge in [0.05, 0.1) is 6.54 Å². The minimum Gasteiger partial charge on any atom is -0.508 e. The minimum atomic E-state index is -2.58. The number of benzene rings is 3. The summed E-state index contributed by atoms with van der Waals surface area (Å²) in [5.74, 6) is -1.57. The summed E-state index contributed by atoms with van der Waals surface area (Å²) in [5.41, 5.74) is 5.44. The quantitative estimate of drug-likeness (QED) is 0.441. The summed E-state index contributed by atoms with van der Waals surface area (Å²) in [6.07, 6.45) is 3.38. The number of alkyl halides is 2. The van der Waals surface area contributed by atoms with Crippen LogP contribution in [0.15, 0.2) is 72.8 Å². The number of rotatable bonds is 5. The molecule has 1 saturated heterocycles. The van der Waals surface area contributed by atoms with Crippen molar-refractivity contribution in [3.8, 4) is 17.2 Å². The van der Waals surface area contributed by atoms with Gasteiger partial charge in [-0.05, 0) is 59.5 Å². The van der Waals surface area contributed by atoms with E-state index >= 15 is 0 Å². The van der Waals surface area contributed by atoms with Crippen LogP contribution in [0.2, 0.25) is 0 Å². The van der Waals surface area contributed by atoms with Gasteiger partial charge in [-0.3, -0.25) is 4.90 Å². The van der Waals surface area contributed by atoms with Crippen LogP contribution in [0.3, 0.4) is 0 Å². The molecule has 35 heavy (non-hydrogen) atoms. The van der Waals surface area contributed by atoms with Crippen LogP contribution in [-0.4, -0.2) is 40.7 Å². The molecule has 5 rings (SSSR count). The topological polar surface area (TPSA) is 52.9 Å². The van der Waals surface area contributed by atoms with Crippen LogP contribution in [0.4, 0.5) is 8.78 Å². The van der Waals surface area contributed by atoms with Crippen LogP contribution in [-0.2, 0) is 0 Å². The Balaban J connectivity index is 1.42. The van der Waals surface area contributed by atoms with Crippen molar-refractivity contribution in [1.82, 2.24) is 4.90 Å². The highest BCUT2D eigenvalue weighted by atomic mass is 19.3. The first-order chi connectivity index (χ1) is 16.8. The van der Waals surface area contributed by atoms with E-state index in [1.165, 1.54) is 0 Å². The molecule has 3 aromatic carbocycles. The van der Waals surface area contributed by atoms with Gasteiger partial charge in [-0.15, -0.1) is 0 Å². The van der Waals surface area contributed by atoms with Crippen molar-refractivity contribution in [1.29, 1.82) is 0 Å². The number of phenols is 2. The Morgan fingerprint density at radius 1 is 1.03 bits per heavy atom. The van der Waals surface area contributed by atoms with Crippen LogP contribution < -0.4 is 4.74 Å². The highest BCUT2D eigenvalue weighted by molar-refractivity contribution is 5.95. The van der Waals surface area contributed by atoms with Crippen molar-refractivity contribution in [2.75, 3.05) is 19.6 Å². The average Bonchev–Trinajstić information content (AvgIpc) is 3.18. The number of halogens is 2. The van der Waals surface area contributed by atoms with E-state index in [9.17, 15) is 19.0 Å². The first-order valence-electron chi connectivity index (χ1n) is 11.7. The summed E-state index contributed by atoms with van der Waals surface area (Å²) >= 11 is 0. The summed E-state index contributed by atoms with van der Waals surface area (Å²) in [6, 6.07) is 20.1. The zero-order valence-electron chi connectivity index (χ0n) is 19.4. The molecule has 3 aromatic rings. The lowest BCUT2D eigenvalue weighted by Crippen LogP contribution is -2.25. The van der Waals surface area contributed by atoms with Crippen molar-refractivity contribution in [3.05, 3.63) is 95.1 Å². The number of ether oxygens (including phenoxy) is 1. The van der Waals surface area contributed by atoms with Crippen LogP contribution in [0.5, 0.6) is 17.2 Å². The molecule has 4 nitrogen and oxygen atoms in total. The van der Waals surface area contributed by atoms with Gasteiger partial charge in [0.15, 0.2) is 0 Å². The number of allylic oxidation sites excluding steroid dienone is 1. The molecule has 1 atom stereocenters. The highest BCUT2D eigenvalue weighted by Gasteiger charge is 2.37. The summed E-state index contributed by atoms with van der Waals surface area (Å²) in [7, 11) is 0. The maximum atomic E-state index is 13.4. The molecule has 6 heteroatoms. The third-order valence-corrected chi connectivity index (χ3v) is 6.60. The molecule has 2 aliphatic rings. The van der Waals surface area contributed by atoms with Gasteiger partial charge in [0.1, 0.15) is 23.4 Å². The second-order valence-corrected chi connectivity index (χ2v) is 9.18. The maximum absolute atomic E-state index is 13.4. The van der Waals surface area contributed by atoms with E-state index in [4.69, 9.17) is 4.74 Å². The summed E-state index contributed by atoms with van der Waals surface area (Å²) in [4.78, 5) is 1.76. The molecule has 0 radical (unpaired) electrons. The second kappa shape index (κ2) is 9.19. The number of nitrogens with zero attached hydrogens (tertiary/aromatic N) is 1. The van der Waals surface area contributed by atoms with Crippen LogP contribution in [0.25, 0.3) is 17.2 Å². The third kappa shape index (κ3) is 4.93. The number of fused-ring (bicyclic) bond motifs is 1. The Morgan fingerprint density at radius 2 is 1.80 bits per heavy atom. The Hall–Kier alpha value is -3.64. The average molecular weight is 476 g/mol. The van der Waals surface area contributed by atoms with Gasteiger partial charge in [0, 0.05) is 30.6 Å². The molecule has 2 N–H and O–H groups in total. The monoisotopic (exact) mass is 475 g/mol. The molecule has 1 unspecified atom stereocenters. The number of aromatic hydroxyl groups is 2. The Bertz CT molecular complexity index is 1300. The first kappa shape index (κ1) is 23.1. The molecule has 0 aliphatic carbocycles. The van der Waals surface area contributed by atoms with E-state index in [2.05, 4.69) is 0 Å². The molecule has 0 aromatic heterocycles. The van der Waals surface area contributed by atoms with Crippen molar-refractivity contribution in [2.24, 2.45) is 0 Å². The molecule has 0 amide bonds. The van der Waals surface area contributed by atoms with Gasteiger partial charge < -0.3 is 14.9 Å². The largest absolute Gasteiger partial charge is 0.508 e. The summed E-state index contributed by atoms with van der Waals surface area (Å²) in [5, 5.41) is 20.1. The lowest BCUT2D eigenvalue weighted by atomic mass is 9.86. The fourth-order valence-corrected chi connectivity index (χ4v) is 4.80. The zero-order chi connectivity index (χ0) is 24.6. The number of phenolic OH excluding ortho intramolecular Hbond substituents is 2. The van der Waals surface area contributed by atoms with E-state index < -0.39 is 12.0 Å². The van der Waals surface area contributed by atoms with E-state index in [1.54, 1.807) is 41.3 Å². The predicted octanol–water partition coefficient (Wildman–Crippen LogP) is 6.52. The molecular weight excluding hydrogens is 448 g/mol. The smallest absolute Gasteiger partial charge is 0.261 e. The van der Waals surface area contributed by atoms with Crippen LogP contribution in [0.1, 0.15) is 41.7 Å². The normalized spacial score (nSPS) is 19.7. The molecule has 1 fully saturated rings. The Morgan fingerprint density at radius 3 is 2.51 bits per heavy atom. The van der Waals surface area contributed by atoms with Gasteiger partial charge >= 0.3 is 0 Å². The fourth-order valence-electron chi connectivity index (χ4n) is 4.80. The predicted molar refractivity (Wildman–Crippen MR) is 134 cm³/mol. The fraction of sp³-hybridized carbons (Fsp3) is 0.241. The van der Waals surface area contributed by atoms with Gasteiger partial charge in [-0.25, -0.2) is 8.78 Å². The summed E-state index contributed by atoms with van der Waals surface area (Å²) < 4.78 is 33.2. The van der Waals surface area contributed by atoms with Gasteiger partial charge in [0.25, 0.3) is 5.92 Å². The van der Waals surface area contributed by atoms with E-state index in [-0.39, 0.29) is 24.5 Å². The molecular formula is C29H27F2NO3. The molecule has 2 aliphatic heterocycles. The molecule has 2 heterocycles. The van der Waals surface area contributed by atoms with E-state index in [0.717, 1.165) is 33.4 Å². The van der Waals surface area contributed by atoms with Gasteiger partial charge in [0.2, 0.25) is 0 Å². The molecule has 0 spiro atoms. The van der Waals surface area contributed by atoms with Gasteiger partial charge in [-0.1, -0.05) is 48.6 Å². The van der Waals surface area contributed by atoms with E-state index in [0.29, 0.717) is 18.8 Å². The van der Waals surface area contributed by atoms with Crippen LogP contribution >= 0.6 is 0 Å². The Labute approximate surface area is 203 Å². The van der Waals surface area contributed by atoms with Crippen molar-refractivity contribution in [3.63, 3.8) is 0 Å². The number of hydrogen-bond acceptors (Lipinski definition) is 4. The molecule has 0 bridgehead atoms. The standard InChI is InChI=1S/C29H27F2NO3/c1-19-25-17-24(34)11-12-26(25)35-28(27(19)22-5-2-6-23(33)16-22)21-9-7-20(8-10-21)4-3-14-32-15-13-29(30,31)18-32/h2-12,16-17,28,33-34H,13-15,18H2,1H3/b4-3+. The molecule has 0 saturated carbocycles. The lowest BCUT2D eigenvalue weighted by Gasteiger charge is -2.31. The van der Waals surface area contributed by atoms with Gasteiger partial charge in [-0.2, -0.15) is 0 Å². The Kier molecular flexibility index (Phi) is 6.07. The highest BCUT2D eigenvalue weighted by Crippen LogP contribution is 2.47. The first-order valence-corrected chi connectivity index (χ1v) is 11.7. The van der Waals surface area contributed by atoms with Crippen molar-refractivity contribution < 1.29 is 23.7 Å². The van der Waals surface area contributed by atoms with Crippen LogP contribution in [0, 0.1) is 0 Å². The maximum Gasteiger partial charge on any atom is 0.261 e. The minimum absolute atomic E-state index is 0.0753. The number of hydrogen-bond donors (Lipinski definition) is 2. The number of likely N-dealkylation sites (tertiary alicyclic amines) is 1. The SMILES string of the molecule is CC1=C(c2cccc(O)c2)C(c2ccc(/C=C/CN3CCC(F)(F)C3)cc2)Oc2ccc(O)cc21. The zero-order valence-corrected chi connectivity index (χ0v) is 19.4. The lowest BCUT2D eigenvalue weighted by molar-refractivity contribution is 0.0133.